The normalized spacial score (nSPS) is 12.1. The molecule has 2 N–H and O–H groups in total. The first-order valence-corrected chi connectivity index (χ1v) is 11.1. The van der Waals surface area contributed by atoms with Crippen molar-refractivity contribution < 1.29 is 32.4 Å². The van der Waals surface area contributed by atoms with Gasteiger partial charge in [0.2, 0.25) is 5.78 Å². The van der Waals surface area contributed by atoms with Gasteiger partial charge in [-0.25, -0.2) is 15.2 Å². The van der Waals surface area contributed by atoms with E-state index in [-0.39, 0.29) is 20.7 Å². The number of aromatic nitrogens is 2. The Morgan fingerprint density at radius 2 is 1.61 bits per heavy atom. The lowest BCUT2D eigenvalue weighted by atomic mass is 10.3. The summed E-state index contributed by atoms with van der Waals surface area (Å²) >= 11 is 2.98. The van der Waals surface area contributed by atoms with Crippen molar-refractivity contribution in [3.63, 3.8) is 0 Å². The van der Waals surface area contributed by atoms with Gasteiger partial charge in [0.15, 0.2) is 10.0 Å². The van der Waals surface area contributed by atoms with Gasteiger partial charge in [-0.15, -0.1) is 27.0 Å². The van der Waals surface area contributed by atoms with Crippen LogP contribution in [0.15, 0.2) is 46.2 Å². The fraction of sp³-hybridized carbons (Fsp3) is 0. The minimum Gasteiger partial charge on any atom is -0.283 e. The second kappa shape index (κ2) is 7.46. The lowest BCUT2D eigenvalue weighted by molar-refractivity contribution is -0.432. The number of ketones is 1. The van der Waals surface area contributed by atoms with Gasteiger partial charge in [0, 0.05) is 4.90 Å². The molecule has 144 valence electrons. The van der Waals surface area contributed by atoms with Crippen molar-refractivity contribution in [2.24, 2.45) is 0 Å². The zero-order valence-corrected chi connectivity index (χ0v) is 16.7. The number of rotatable bonds is 6. The van der Waals surface area contributed by atoms with Gasteiger partial charge in [-0.3, -0.25) is 9.35 Å². The van der Waals surface area contributed by atoms with E-state index >= 15 is 0 Å². The van der Waals surface area contributed by atoms with E-state index in [9.17, 15) is 13.2 Å². The SMILES string of the molecule is O=C(c1nc2ccc(SOOO)cc2s1)c1nc2ccc(S(=O)(=O)O)cc2s1. The number of fused-ring (bicyclic) bond motifs is 2. The predicted molar refractivity (Wildman–Crippen MR) is 103 cm³/mol. The highest BCUT2D eigenvalue weighted by Crippen LogP contribution is 2.31. The van der Waals surface area contributed by atoms with Gasteiger partial charge in [-0.05, 0) is 36.4 Å². The molecule has 0 bridgehead atoms. The highest BCUT2D eigenvalue weighted by atomic mass is 32.2. The molecule has 4 aromatic rings. The van der Waals surface area contributed by atoms with Crippen LogP contribution in [0.1, 0.15) is 14.8 Å². The van der Waals surface area contributed by atoms with Gasteiger partial charge in [-0.1, -0.05) is 5.04 Å². The minimum atomic E-state index is -4.34. The standard InChI is InChI=1S/C15H8N2O7S4/c18-13(14-16-9-3-1-7(27-24-23-19)5-11(9)25-14)15-17-10-4-2-8(28(20,21)22)6-12(10)26-15/h1-6,19H,(H,20,21,22). The summed E-state index contributed by atoms with van der Waals surface area (Å²) in [6, 6.07) is 9.03. The van der Waals surface area contributed by atoms with E-state index in [2.05, 4.69) is 19.3 Å². The Labute approximate surface area is 169 Å². The molecule has 2 heterocycles. The highest BCUT2D eigenvalue weighted by Gasteiger charge is 2.20. The fourth-order valence-corrected chi connectivity index (χ4v) is 5.37. The molecule has 0 radical (unpaired) electrons. The van der Waals surface area contributed by atoms with E-state index in [1.165, 1.54) is 18.2 Å². The van der Waals surface area contributed by atoms with Gasteiger partial charge < -0.3 is 0 Å². The topological polar surface area (TPSA) is 136 Å². The maximum atomic E-state index is 12.8. The molecule has 0 aliphatic carbocycles. The molecule has 0 unspecified atom stereocenters. The molecule has 0 saturated heterocycles. The molecule has 0 fully saturated rings. The summed E-state index contributed by atoms with van der Waals surface area (Å²) in [6.07, 6.45) is 0. The number of nitrogens with zero attached hydrogens (tertiary/aromatic N) is 2. The molecule has 2 aromatic heterocycles. The average molecular weight is 457 g/mol. The molecule has 28 heavy (non-hydrogen) atoms. The average Bonchev–Trinajstić information content (AvgIpc) is 3.27. The molecule has 0 amide bonds. The third kappa shape index (κ3) is 3.78. The zero-order valence-electron chi connectivity index (χ0n) is 13.4. The first-order chi connectivity index (χ1) is 13.3. The maximum Gasteiger partial charge on any atom is 0.294 e. The smallest absolute Gasteiger partial charge is 0.283 e. The van der Waals surface area contributed by atoms with E-state index in [1.54, 1.807) is 18.2 Å². The summed E-state index contributed by atoms with van der Waals surface area (Å²) in [6.45, 7) is 0. The van der Waals surface area contributed by atoms with Crippen LogP contribution >= 0.6 is 34.7 Å². The maximum absolute atomic E-state index is 12.8. The van der Waals surface area contributed by atoms with Gasteiger partial charge >= 0.3 is 0 Å². The van der Waals surface area contributed by atoms with E-state index in [4.69, 9.17) is 9.81 Å². The molecule has 4 rings (SSSR count). The Morgan fingerprint density at radius 1 is 1.00 bits per heavy atom. The summed E-state index contributed by atoms with van der Waals surface area (Å²) in [5.74, 6) is -0.389. The molecule has 13 heteroatoms. The summed E-state index contributed by atoms with van der Waals surface area (Å²) in [7, 11) is -4.34. The number of thiazole rings is 2. The first-order valence-electron chi connectivity index (χ1n) is 7.33. The van der Waals surface area contributed by atoms with Crippen LogP contribution in [0.5, 0.6) is 0 Å². The number of benzene rings is 2. The van der Waals surface area contributed by atoms with Crippen LogP contribution in [0.25, 0.3) is 20.4 Å². The van der Waals surface area contributed by atoms with Crippen molar-refractivity contribution in [3.8, 4) is 0 Å². The lowest BCUT2D eigenvalue weighted by Gasteiger charge is -1.95. The summed E-state index contributed by atoms with van der Waals surface area (Å²) in [5.41, 5.74) is 1.05. The number of hydrogen-bond donors (Lipinski definition) is 2. The molecule has 0 aliphatic heterocycles. The number of carbonyl (C=O) groups is 1. The van der Waals surface area contributed by atoms with Gasteiger partial charge in [0.25, 0.3) is 10.1 Å². The van der Waals surface area contributed by atoms with Crippen molar-refractivity contribution in [3.05, 3.63) is 46.4 Å². The van der Waals surface area contributed by atoms with Crippen LogP contribution in [0.4, 0.5) is 0 Å². The van der Waals surface area contributed by atoms with Gasteiger partial charge in [0.05, 0.1) is 37.4 Å². The number of hydrogen-bond acceptors (Lipinski definition) is 11. The Bertz CT molecular complexity index is 1310. The fourth-order valence-electron chi connectivity index (χ4n) is 2.36. The molecular formula is C15H8N2O7S4. The summed E-state index contributed by atoms with van der Waals surface area (Å²) in [4.78, 5) is 21.7. The minimum absolute atomic E-state index is 0.160. The second-order valence-corrected chi connectivity index (χ2v) is 9.58. The van der Waals surface area contributed by atoms with Crippen LogP contribution in [-0.2, 0) is 19.5 Å². The van der Waals surface area contributed by atoms with Crippen molar-refractivity contribution in [1.82, 2.24) is 9.97 Å². The third-order valence-electron chi connectivity index (χ3n) is 3.57. The molecule has 9 nitrogen and oxygen atoms in total. The summed E-state index contributed by atoms with van der Waals surface area (Å²) < 4.78 is 37.2. The molecule has 0 atom stereocenters. The van der Waals surface area contributed by atoms with E-state index < -0.39 is 10.1 Å². The van der Waals surface area contributed by atoms with E-state index in [0.717, 1.165) is 39.4 Å². The lowest BCUT2D eigenvalue weighted by Crippen LogP contribution is -1.99. The molecule has 0 aliphatic rings. The highest BCUT2D eigenvalue weighted by molar-refractivity contribution is 7.94. The molecule has 0 saturated carbocycles. The van der Waals surface area contributed by atoms with Crippen LogP contribution < -0.4 is 0 Å². The Hall–Kier alpha value is -1.97. The third-order valence-corrected chi connectivity index (χ3v) is 7.03. The van der Waals surface area contributed by atoms with Crippen molar-refractivity contribution >= 4 is 71.1 Å². The monoisotopic (exact) mass is 456 g/mol. The molecule has 0 spiro atoms. The van der Waals surface area contributed by atoms with Crippen LogP contribution in [-0.4, -0.2) is 34.0 Å². The number of carbonyl (C=O) groups excluding carboxylic acids is 1. The Morgan fingerprint density at radius 3 is 2.21 bits per heavy atom. The largest absolute Gasteiger partial charge is 0.294 e. The van der Waals surface area contributed by atoms with Gasteiger partial charge in [0.1, 0.15) is 0 Å². The Balaban J connectivity index is 1.68. The first kappa shape index (κ1) is 19.4. The quantitative estimate of drug-likeness (QED) is 0.145. The van der Waals surface area contributed by atoms with E-state index in [1.807, 2.05) is 0 Å². The summed E-state index contributed by atoms with van der Waals surface area (Å²) in [5, 5.41) is 12.2. The molecular weight excluding hydrogens is 448 g/mol. The van der Waals surface area contributed by atoms with Crippen LogP contribution in [0, 0.1) is 0 Å². The van der Waals surface area contributed by atoms with Crippen LogP contribution in [0.3, 0.4) is 0 Å². The van der Waals surface area contributed by atoms with Crippen molar-refractivity contribution in [2.75, 3.05) is 0 Å². The van der Waals surface area contributed by atoms with Gasteiger partial charge in [-0.2, -0.15) is 8.42 Å². The zero-order chi connectivity index (χ0) is 19.9. The second-order valence-electron chi connectivity index (χ2n) is 5.33. The van der Waals surface area contributed by atoms with E-state index in [0.29, 0.717) is 20.6 Å². The Kier molecular flexibility index (Phi) is 5.15. The van der Waals surface area contributed by atoms with Crippen molar-refractivity contribution in [1.29, 1.82) is 0 Å². The van der Waals surface area contributed by atoms with Crippen LogP contribution in [0.2, 0.25) is 0 Å². The van der Waals surface area contributed by atoms with Crippen molar-refractivity contribution in [2.45, 2.75) is 9.79 Å². The molecule has 2 aromatic carbocycles. The predicted octanol–water partition coefficient (Wildman–Crippen LogP) is 3.81.